The average Bonchev–Trinajstić information content (AvgIpc) is 3.29. The molecule has 0 radical (unpaired) electrons. The number of ether oxygens (including phenoxy) is 2. The lowest BCUT2D eigenvalue weighted by Crippen LogP contribution is -2.35. The van der Waals surface area contributed by atoms with E-state index in [-0.39, 0.29) is 11.9 Å². The highest BCUT2D eigenvalue weighted by molar-refractivity contribution is 5.94. The molecule has 32 heavy (non-hydrogen) atoms. The molecule has 7 nitrogen and oxygen atoms in total. The molecule has 0 bridgehead atoms. The number of carbonyl (C=O) groups is 1. The highest BCUT2D eigenvalue weighted by atomic mass is 16.5. The van der Waals surface area contributed by atoms with E-state index in [0.717, 1.165) is 43.8 Å². The second-order valence-corrected chi connectivity index (χ2v) is 8.04. The minimum Gasteiger partial charge on any atom is -0.497 e. The Morgan fingerprint density at radius 1 is 1.09 bits per heavy atom. The van der Waals surface area contributed by atoms with Gasteiger partial charge >= 0.3 is 0 Å². The summed E-state index contributed by atoms with van der Waals surface area (Å²) in [6.07, 6.45) is 3.02. The number of aromatic nitrogens is 2. The lowest BCUT2D eigenvalue weighted by molar-refractivity contribution is -0.126. The molecule has 3 aromatic rings. The molecular formula is C25H30N4O3. The first-order chi connectivity index (χ1) is 15.7. The van der Waals surface area contributed by atoms with Gasteiger partial charge in [0.25, 0.3) is 5.91 Å². The number of likely N-dealkylation sites (tertiary alicyclic amines) is 1. The van der Waals surface area contributed by atoms with Gasteiger partial charge in [-0.3, -0.25) is 9.69 Å². The van der Waals surface area contributed by atoms with Crippen molar-refractivity contribution in [3.8, 4) is 5.75 Å². The zero-order chi connectivity index (χ0) is 22.3. The molecule has 1 atom stereocenters. The number of rotatable bonds is 8. The molecule has 0 unspecified atom stereocenters. The van der Waals surface area contributed by atoms with Crippen LogP contribution in [0.1, 0.15) is 36.1 Å². The van der Waals surface area contributed by atoms with Crippen molar-refractivity contribution in [2.24, 2.45) is 0 Å². The summed E-state index contributed by atoms with van der Waals surface area (Å²) in [4.78, 5) is 15.3. The zero-order valence-corrected chi connectivity index (χ0v) is 18.6. The Kier molecular flexibility index (Phi) is 7.19. The summed E-state index contributed by atoms with van der Waals surface area (Å²) < 4.78 is 12.7. The monoisotopic (exact) mass is 434 g/mol. The molecule has 7 heteroatoms. The largest absolute Gasteiger partial charge is 0.497 e. The second-order valence-electron chi connectivity index (χ2n) is 8.04. The SMILES string of the molecule is COc1cccc(CN2CCC(n3nccc3NC(=O)[C@@H](OC)c3ccccc3)CC2)c1. The number of hydrogen-bond donors (Lipinski definition) is 1. The van der Waals surface area contributed by atoms with Gasteiger partial charge in [0, 0.05) is 32.8 Å². The van der Waals surface area contributed by atoms with Crippen LogP contribution in [0.25, 0.3) is 0 Å². The maximum absolute atomic E-state index is 12.9. The molecule has 0 saturated carbocycles. The lowest BCUT2D eigenvalue weighted by Gasteiger charge is -2.32. The van der Waals surface area contributed by atoms with E-state index >= 15 is 0 Å². The number of nitrogens with one attached hydrogen (secondary N) is 1. The van der Waals surface area contributed by atoms with E-state index in [1.54, 1.807) is 20.4 Å². The molecule has 2 aromatic carbocycles. The summed E-state index contributed by atoms with van der Waals surface area (Å²) in [6.45, 7) is 2.85. The fourth-order valence-electron chi connectivity index (χ4n) is 4.27. The van der Waals surface area contributed by atoms with E-state index in [1.165, 1.54) is 5.56 Å². The van der Waals surface area contributed by atoms with Gasteiger partial charge in [0.15, 0.2) is 6.10 Å². The normalized spacial score (nSPS) is 15.9. The van der Waals surface area contributed by atoms with Crippen LogP contribution in [-0.2, 0) is 16.1 Å². The molecule has 0 aliphatic carbocycles. The molecule has 1 fully saturated rings. The first-order valence-corrected chi connectivity index (χ1v) is 11.0. The summed E-state index contributed by atoms with van der Waals surface area (Å²) in [5.41, 5.74) is 2.07. The number of hydrogen-bond acceptors (Lipinski definition) is 5. The van der Waals surface area contributed by atoms with Crippen molar-refractivity contribution in [3.05, 3.63) is 78.0 Å². The van der Waals surface area contributed by atoms with E-state index in [1.807, 2.05) is 53.2 Å². The molecule has 1 aromatic heterocycles. The zero-order valence-electron chi connectivity index (χ0n) is 18.6. The Morgan fingerprint density at radius 3 is 2.59 bits per heavy atom. The van der Waals surface area contributed by atoms with Crippen molar-refractivity contribution < 1.29 is 14.3 Å². The molecule has 168 valence electrons. The number of nitrogens with zero attached hydrogens (tertiary/aromatic N) is 3. The summed E-state index contributed by atoms with van der Waals surface area (Å²) in [7, 11) is 3.24. The molecule has 4 rings (SSSR count). The Labute approximate surface area is 188 Å². The summed E-state index contributed by atoms with van der Waals surface area (Å²) in [5.74, 6) is 1.40. The highest BCUT2D eigenvalue weighted by Crippen LogP contribution is 2.27. The predicted molar refractivity (Wildman–Crippen MR) is 124 cm³/mol. The van der Waals surface area contributed by atoms with Gasteiger partial charge < -0.3 is 14.8 Å². The van der Waals surface area contributed by atoms with Gasteiger partial charge in [0.1, 0.15) is 11.6 Å². The van der Waals surface area contributed by atoms with Crippen LogP contribution in [0.4, 0.5) is 5.82 Å². The molecule has 1 saturated heterocycles. The van der Waals surface area contributed by atoms with Crippen LogP contribution in [-0.4, -0.2) is 47.9 Å². The highest BCUT2D eigenvalue weighted by Gasteiger charge is 2.25. The molecule has 1 aliphatic heterocycles. The van der Waals surface area contributed by atoms with Crippen LogP contribution >= 0.6 is 0 Å². The smallest absolute Gasteiger partial charge is 0.259 e. The van der Waals surface area contributed by atoms with Crippen LogP contribution in [0.2, 0.25) is 0 Å². The first-order valence-electron chi connectivity index (χ1n) is 11.0. The summed E-state index contributed by atoms with van der Waals surface area (Å²) >= 11 is 0. The Morgan fingerprint density at radius 2 is 1.88 bits per heavy atom. The quantitative estimate of drug-likeness (QED) is 0.579. The van der Waals surface area contributed by atoms with Crippen LogP contribution in [0, 0.1) is 0 Å². The summed E-state index contributed by atoms with van der Waals surface area (Å²) in [5, 5.41) is 7.52. The third-order valence-corrected chi connectivity index (χ3v) is 5.94. The molecule has 1 aliphatic rings. The predicted octanol–water partition coefficient (Wildman–Crippen LogP) is 4.06. The van der Waals surface area contributed by atoms with Gasteiger partial charge in [-0.05, 0) is 36.1 Å². The van der Waals surface area contributed by atoms with Gasteiger partial charge in [-0.15, -0.1) is 0 Å². The van der Waals surface area contributed by atoms with Crippen LogP contribution in [0.3, 0.4) is 0 Å². The molecule has 0 spiro atoms. The van der Waals surface area contributed by atoms with Gasteiger partial charge in [-0.25, -0.2) is 4.68 Å². The van der Waals surface area contributed by atoms with Crippen molar-refractivity contribution in [2.75, 3.05) is 32.6 Å². The van der Waals surface area contributed by atoms with Crippen molar-refractivity contribution in [1.29, 1.82) is 0 Å². The first kappa shape index (κ1) is 22.0. The fraction of sp³-hybridized carbons (Fsp3) is 0.360. The van der Waals surface area contributed by atoms with Gasteiger partial charge in [0.2, 0.25) is 0 Å². The van der Waals surface area contributed by atoms with Crippen molar-refractivity contribution >= 4 is 11.7 Å². The number of amides is 1. The number of methoxy groups -OCH3 is 2. The van der Waals surface area contributed by atoms with Crippen molar-refractivity contribution in [1.82, 2.24) is 14.7 Å². The number of benzene rings is 2. The lowest BCUT2D eigenvalue weighted by atomic mass is 10.0. The van der Waals surface area contributed by atoms with Crippen molar-refractivity contribution in [3.63, 3.8) is 0 Å². The maximum atomic E-state index is 12.9. The summed E-state index contributed by atoms with van der Waals surface area (Å²) in [6, 6.07) is 19.8. The van der Waals surface area contributed by atoms with E-state index in [2.05, 4.69) is 27.4 Å². The third-order valence-electron chi connectivity index (χ3n) is 5.94. The van der Waals surface area contributed by atoms with E-state index < -0.39 is 6.10 Å². The fourth-order valence-corrected chi connectivity index (χ4v) is 4.27. The van der Waals surface area contributed by atoms with Gasteiger partial charge in [0.05, 0.1) is 19.3 Å². The van der Waals surface area contributed by atoms with Crippen LogP contribution in [0.15, 0.2) is 66.9 Å². The number of anilines is 1. The van der Waals surface area contributed by atoms with Crippen molar-refractivity contribution in [2.45, 2.75) is 31.5 Å². The molecule has 1 amide bonds. The molecular weight excluding hydrogens is 404 g/mol. The van der Waals surface area contributed by atoms with Crippen LogP contribution in [0.5, 0.6) is 5.75 Å². The third kappa shape index (κ3) is 5.18. The minimum absolute atomic E-state index is 0.198. The van der Waals surface area contributed by atoms with E-state index in [4.69, 9.17) is 9.47 Å². The van der Waals surface area contributed by atoms with Gasteiger partial charge in [-0.1, -0.05) is 42.5 Å². The average molecular weight is 435 g/mol. The number of carbonyl (C=O) groups excluding carboxylic acids is 1. The maximum Gasteiger partial charge on any atom is 0.259 e. The van der Waals surface area contributed by atoms with Gasteiger partial charge in [-0.2, -0.15) is 5.10 Å². The Bertz CT molecular complexity index is 1010. The standard InChI is InChI=1S/C25H30N4O3/c1-31-22-10-6-7-19(17-22)18-28-15-12-21(13-16-28)29-23(11-14-26-29)27-25(30)24(32-2)20-8-4-3-5-9-20/h3-11,14,17,21,24H,12-13,15-16,18H2,1-2H3,(H,27,30)/t24-/m0/s1. The number of piperidine rings is 1. The molecule has 2 heterocycles. The Hall–Kier alpha value is -3.16. The second kappa shape index (κ2) is 10.4. The minimum atomic E-state index is -0.663. The Balaban J connectivity index is 1.36. The van der Waals surface area contributed by atoms with E-state index in [9.17, 15) is 4.79 Å². The molecule has 1 N–H and O–H groups in total. The topological polar surface area (TPSA) is 68.6 Å². The van der Waals surface area contributed by atoms with E-state index in [0.29, 0.717) is 5.82 Å². The van der Waals surface area contributed by atoms with Crippen LogP contribution < -0.4 is 10.1 Å².